The van der Waals surface area contributed by atoms with E-state index in [-0.39, 0.29) is 0 Å². The molecule has 8 heteroatoms. The highest BCUT2D eigenvalue weighted by Crippen LogP contribution is 2.27. The summed E-state index contributed by atoms with van der Waals surface area (Å²) < 4.78 is 1.92. The molecule has 3 heterocycles. The highest BCUT2D eigenvalue weighted by Gasteiger charge is 2.09. The molecule has 3 aromatic rings. The zero-order chi connectivity index (χ0) is 13.9. The van der Waals surface area contributed by atoms with E-state index < -0.39 is 0 Å². The molecule has 6 nitrogen and oxygen atoms in total. The Hall–Kier alpha value is -1.67. The van der Waals surface area contributed by atoms with E-state index in [1.807, 2.05) is 16.1 Å². The number of thiophene rings is 1. The fraction of sp³-hybridized carbons (Fsp3) is 0.333. The Labute approximate surface area is 124 Å². The van der Waals surface area contributed by atoms with Crippen molar-refractivity contribution in [2.24, 2.45) is 0 Å². The molecular weight excluding hydrogens is 292 g/mol. The van der Waals surface area contributed by atoms with Crippen molar-refractivity contribution >= 4 is 39.1 Å². The van der Waals surface area contributed by atoms with Crippen molar-refractivity contribution in [1.29, 1.82) is 0 Å². The number of nitrogens with two attached hydrogens (primary N) is 1. The molecule has 0 radical (unpaired) electrons. The molecule has 0 amide bonds. The molecule has 0 fully saturated rings. The summed E-state index contributed by atoms with van der Waals surface area (Å²) in [7, 11) is 0. The largest absolute Gasteiger partial charge is 0.383 e. The maximum atomic E-state index is 5.94. The number of aryl methyl sites for hydroxylation is 1. The topological polar surface area (TPSA) is 82.5 Å². The monoisotopic (exact) mass is 306 g/mol. The smallest absolute Gasteiger partial charge is 0.191 e. The Balaban J connectivity index is 1.77. The van der Waals surface area contributed by atoms with E-state index in [1.54, 1.807) is 17.7 Å². The molecule has 3 aromatic heterocycles. The van der Waals surface area contributed by atoms with Gasteiger partial charge in [0, 0.05) is 6.54 Å². The van der Waals surface area contributed by atoms with Crippen molar-refractivity contribution < 1.29 is 0 Å². The summed E-state index contributed by atoms with van der Waals surface area (Å²) in [5.41, 5.74) is 5.94. The molecular formula is C12H14N6S2. The van der Waals surface area contributed by atoms with Gasteiger partial charge in [0.2, 0.25) is 0 Å². The zero-order valence-electron chi connectivity index (χ0n) is 11.0. The lowest BCUT2D eigenvalue weighted by Crippen LogP contribution is -2.04. The Kier molecular flexibility index (Phi) is 3.83. The number of aromatic nitrogens is 5. The third kappa shape index (κ3) is 2.61. The number of nitrogen functional groups attached to an aromatic ring is 1. The number of nitrogens with zero attached hydrogens (tertiary/aromatic N) is 5. The van der Waals surface area contributed by atoms with Crippen LogP contribution in [0.15, 0.2) is 22.9 Å². The second kappa shape index (κ2) is 5.76. The van der Waals surface area contributed by atoms with Gasteiger partial charge >= 0.3 is 0 Å². The van der Waals surface area contributed by atoms with E-state index >= 15 is 0 Å². The van der Waals surface area contributed by atoms with Crippen molar-refractivity contribution in [1.82, 2.24) is 24.7 Å². The minimum absolute atomic E-state index is 0.536. The quantitative estimate of drug-likeness (QED) is 0.576. The summed E-state index contributed by atoms with van der Waals surface area (Å²) in [6, 6.07) is 1.95. The van der Waals surface area contributed by atoms with E-state index in [9.17, 15) is 0 Å². The maximum Gasteiger partial charge on any atom is 0.191 e. The van der Waals surface area contributed by atoms with Gasteiger partial charge < -0.3 is 5.73 Å². The molecule has 0 aliphatic carbocycles. The van der Waals surface area contributed by atoms with Crippen LogP contribution in [0.25, 0.3) is 10.2 Å². The minimum Gasteiger partial charge on any atom is -0.383 e. The molecule has 3 rings (SSSR count). The standard InChI is InChI=1S/C12H14N6S2/c1-2-4-18-9(14-7-15-18)6-20-12-16-10(13)8-3-5-19-11(8)17-12/h3,5,7H,2,4,6H2,1H3,(H2,13,16,17). The van der Waals surface area contributed by atoms with Crippen molar-refractivity contribution in [2.75, 3.05) is 5.73 Å². The lowest BCUT2D eigenvalue weighted by molar-refractivity contribution is 0.581. The number of hydrogen-bond donors (Lipinski definition) is 1. The van der Waals surface area contributed by atoms with Crippen LogP contribution in [0.4, 0.5) is 5.82 Å². The normalized spacial score (nSPS) is 11.2. The summed E-state index contributed by atoms with van der Waals surface area (Å²) in [6.45, 7) is 3.00. The molecule has 0 aliphatic rings. The van der Waals surface area contributed by atoms with Crippen LogP contribution in [-0.4, -0.2) is 24.7 Å². The molecule has 0 spiro atoms. The van der Waals surface area contributed by atoms with Crippen LogP contribution in [-0.2, 0) is 12.3 Å². The predicted octanol–water partition coefficient (Wildman–Crippen LogP) is 2.57. The van der Waals surface area contributed by atoms with Crippen molar-refractivity contribution in [3.05, 3.63) is 23.6 Å². The van der Waals surface area contributed by atoms with Crippen LogP contribution >= 0.6 is 23.1 Å². The lowest BCUT2D eigenvalue weighted by atomic mass is 10.4. The summed E-state index contributed by atoms with van der Waals surface area (Å²) in [5, 5.41) is 7.79. The van der Waals surface area contributed by atoms with E-state index in [0.29, 0.717) is 16.7 Å². The van der Waals surface area contributed by atoms with Crippen molar-refractivity contribution in [3.63, 3.8) is 0 Å². The summed E-state index contributed by atoms with van der Waals surface area (Å²) >= 11 is 3.10. The van der Waals surface area contributed by atoms with Crippen LogP contribution in [0.5, 0.6) is 0 Å². The lowest BCUT2D eigenvalue weighted by Gasteiger charge is -2.04. The van der Waals surface area contributed by atoms with Crippen LogP contribution in [0.3, 0.4) is 0 Å². The first kappa shape index (κ1) is 13.3. The fourth-order valence-corrected chi connectivity index (χ4v) is 3.48. The maximum absolute atomic E-state index is 5.94. The van der Waals surface area contributed by atoms with E-state index in [2.05, 4.69) is 27.0 Å². The van der Waals surface area contributed by atoms with Gasteiger partial charge in [0.05, 0.1) is 11.1 Å². The fourth-order valence-electron chi connectivity index (χ4n) is 1.85. The number of anilines is 1. The molecule has 20 heavy (non-hydrogen) atoms. The van der Waals surface area contributed by atoms with E-state index in [1.165, 1.54) is 11.8 Å². The first-order valence-electron chi connectivity index (χ1n) is 6.28. The van der Waals surface area contributed by atoms with Gasteiger partial charge in [-0.15, -0.1) is 11.3 Å². The Morgan fingerprint density at radius 2 is 2.30 bits per heavy atom. The number of thioether (sulfide) groups is 1. The van der Waals surface area contributed by atoms with Crippen LogP contribution in [0.2, 0.25) is 0 Å². The zero-order valence-corrected chi connectivity index (χ0v) is 12.6. The van der Waals surface area contributed by atoms with Crippen molar-refractivity contribution in [2.45, 2.75) is 30.8 Å². The molecule has 0 bridgehead atoms. The van der Waals surface area contributed by atoms with Crippen molar-refractivity contribution in [3.8, 4) is 0 Å². The van der Waals surface area contributed by atoms with Crippen LogP contribution < -0.4 is 5.73 Å². The minimum atomic E-state index is 0.536. The first-order valence-corrected chi connectivity index (χ1v) is 8.14. The average Bonchev–Trinajstić information content (AvgIpc) is 3.06. The van der Waals surface area contributed by atoms with Gasteiger partial charge in [0.1, 0.15) is 22.8 Å². The Morgan fingerprint density at radius 3 is 3.15 bits per heavy atom. The SMILES string of the molecule is CCCn1ncnc1CSc1nc(N)c2ccsc2n1. The summed E-state index contributed by atoms with van der Waals surface area (Å²) in [5.74, 6) is 2.16. The Morgan fingerprint density at radius 1 is 1.40 bits per heavy atom. The van der Waals surface area contributed by atoms with Gasteiger partial charge in [-0.1, -0.05) is 18.7 Å². The molecule has 0 atom stereocenters. The van der Waals surface area contributed by atoms with Gasteiger partial charge in [-0.05, 0) is 17.9 Å². The van der Waals surface area contributed by atoms with Gasteiger partial charge in [-0.2, -0.15) is 5.10 Å². The highest BCUT2D eigenvalue weighted by molar-refractivity contribution is 7.98. The van der Waals surface area contributed by atoms with Gasteiger partial charge in [0.15, 0.2) is 5.16 Å². The average molecular weight is 306 g/mol. The van der Waals surface area contributed by atoms with E-state index in [0.717, 1.165) is 29.0 Å². The molecule has 0 saturated heterocycles. The molecule has 0 aromatic carbocycles. The third-order valence-electron chi connectivity index (χ3n) is 2.80. The Bertz CT molecular complexity index is 720. The first-order chi connectivity index (χ1) is 9.78. The van der Waals surface area contributed by atoms with Gasteiger partial charge in [-0.25, -0.2) is 19.6 Å². The highest BCUT2D eigenvalue weighted by atomic mass is 32.2. The van der Waals surface area contributed by atoms with E-state index in [4.69, 9.17) is 5.73 Å². The second-order valence-corrected chi connectivity index (χ2v) is 6.06. The molecule has 2 N–H and O–H groups in total. The third-order valence-corrected chi connectivity index (χ3v) is 4.45. The number of hydrogen-bond acceptors (Lipinski definition) is 7. The van der Waals surface area contributed by atoms with Gasteiger partial charge in [0.25, 0.3) is 0 Å². The predicted molar refractivity (Wildman–Crippen MR) is 81.7 cm³/mol. The second-order valence-electron chi connectivity index (χ2n) is 4.22. The number of fused-ring (bicyclic) bond motifs is 1. The molecule has 0 aliphatic heterocycles. The molecule has 0 saturated carbocycles. The molecule has 104 valence electrons. The summed E-state index contributed by atoms with van der Waals surface area (Å²) in [6.07, 6.45) is 2.62. The molecule has 0 unspecified atom stereocenters. The van der Waals surface area contributed by atoms with Gasteiger partial charge in [-0.3, -0.25) is 0 Å². The van der Waals surface area contributed by atoms with Crippen LogP contribution in [0.1, 0.15) is 19.2 Å². The summed E-state index contributed by atoms with van der Waals surface area (Å²) in [4.78, 5) is 14.0. The number of rotatable bonds is 5. The van der Waals surface area contributed by atoms with Crippen LogP contribution in [0, 0.1) is 0 Å².